The first-order valence-corrected chi connectivity index (χ1v) is 6.09. The maximum absolute atomic E-state index is 10.4. The van der Waals surface area contributed by atoms with Crippen LogP contribution in [0.2, 0.25) is 0 Å². The summed E-state index contributed by atoms with van der Waals surface area (Å²) in [5.41, 5.74) is 1.45. The third-order valence-electron chi connectivity index (χ3n) is 2.89. The number of aliphatic hydroxyl groups is 1. The second-order valence-corrected chi connectivity index (χ2v) is 4.21. The van der Waals surface area contributed by atoms with Gasteiger partial charge >= 0.3 is 0 Å². The fourth-order valence-electron chi connectivity index (χ4n) is 1.86. The normalized spacial score (nSPS) is 12.4. The Kier molecular flexibility index (Phi) is 4.54. The number of nitrogens with zero attached hydrogens (tertiary/aromatic N) is 2. The fourth-order valence-corrected chi connectivity index (χ4v) is 1.86. The fraction of sp³-hybridized carbons (Fsp3) is 0.357. The molecule has 0 fully saturated rings. The SMILES string of the molecule is COCCOc1ccccc1C(O)c1cncn1C. The lowest BCUT2D eigenvalue weighted by atomic mass is 10.1. The molecule has 1 heterocycles. The number of methoxy groups -OCH3 is 1. The van der Waals surface area contributed by atoms with E-state index in [9.17, 15) is 5.11 Å². The summed E-state index contributed by atoms with van der Waals surface area (Å²) in [7, 11) is 3.47. The van der Waals surface area contributed by atoms with Crippen LogP contribution in [0, 0.1) is 0 Å². The number of hydrogen-bond acceptors (Lipinski definition) is 4. The molecule has 0 bridgehead atoms. The van der Waals surface area contributed by atoms with Crippen molar-refractivity contribution in [1.29, 1.82) is 0 Å². The van der Waals surface area contributed by atoms with Gasteiger partial charge < -0.3 is 19.1 Å². The molecular formula is C14H18N2O3. The molecule has 1 N–H and O–H groups in total. The summed E-state index contributed by atoms with van der Waals surface area (Å²) in [5.74, 6) is 0.660. The molecule has 2 aromatic rings. The van der Waals surface area contributed by atoms with Crippen molar-refractivity contribution in [3.8, 4) is 5.75 Å². The first-order valence-electron chi connectivity index (χ1n) is 6.09. The lowest BCUT2D eigenvalue weighted by molar-refractivity contribution is 0.142. The standard InChI is InChI=1S/C14H18N2O3/c1-16-10-15-9-12(16)14(17)11-5-3-4-6-13(11)19-8-7-18-2/h3-6,9-10,14,17H,7-8H2,1-2H3. The van der Waals surface area contributed by atoms with Gasteiger partial charge in [-0.05, 0) is 6.07 Å². The molecule has 5 heteroatoms. The van der Waals surface area contributed by atoms with Gasteiger partial charge in [0.2, 0.25) is 0 Å². The number of hydrogen-bond donors (Lipinski definition) is 1. The molecule has 0 radical (unpaired) electrons. The summed E-state index contributed by atoms with van der Waals surface area (Å²) < 4.78 is 12.4. The molecule has 19 heavy (non-hydrogen) atoms. The average Bonchev–Trinajstić information content (AvgIpc) is 2.85. The Hall–Kier alpha value is -1.85. The van der Waals surface area contributed by atoms with Crippen LogP contribution in [0.15, 0.2) is 36.8 Å². The highest BCUT2D eigenvalue weighted by Crippen LogP contribution is 2.29. The van der Waals surface area contributed by atoms with Crippen LogP contribution in [0.1, 0.15) is 17.4 Å². The van der Waals surface area contributed by atoms with Gasteiger partial charge in [0.05, 0.1) is 24.8 Å². The highest BCUT2D eigenvalue weighted by Gasteiger charge is 2.17. The maximum atomic E-state index is 10.4. The first kappa shape index (κ1) is 13.6. The number of para-hydroxylation sites is 1. The van der Waals surface area contributed by atoms with Crippen molar-refractivity contribution in [2.45, 2.75) is 6.10 Å². The van der Waals surface area contributed by atoms with E-state index >= 15 is 0 Å². The maximum Gasteiger partial charge on any atom is 0.125 e. The predicted molar refractivity (Wildman–Crippen MR) is 71.1 cm³/mol. The van der Waals surface area contributed by atoms with E-state index in [0.29, 0.717) is 19.0 Å². The van der Waals surface area contributed by atoms with Gasteiger partial charge in [0, 0.05) is 19.7 Å². The summed E-state index contributed by atoms with van der Waals surface area (Å²) in [6, 6.07) is 7.43. The van der Waals surface area contributed by atoms with Crippen molar-refractivity contribution >= 4 is 0 Å². The molecular weight excluding hydrogens is 244 g/mol. The zero-order valence-corrected chi connectivity index (χ0v) is 11.1. The number of rotatable bonds is 6. The van der Waals surface area contributed by atoms with Gasteiger partial charge in [0.1, 0.15) is 18.5 Å². The van der Waals surface area contributed by atoms with E-state index in [4.69, 9.17) is 9.47 Å². The quantitative estimate of drug-likeness (QED) is 0.802. The van der Waals surface area contributed by atoms with Crippen LogP contribution in [0.3, 0.4) is 0 Å². The van der Waals surface area contributed by atoms with Crippen molar-refractivity contribution in [3.05, 3.63) is 48.0 Å². The van der Waals surface area contributed by atoms with Crippen LogP contribution in [0.4, 0.5) is 0 Å². The van der Waals surface area contributed by atoms with Crippen LogP contribution in [-0.2, 0) is 11.8 Å². The van der Waals surface area contributed by atoms with Gasteiger partial charge in [-0.2, -0.15) is 0 Å². The number of benzene rings is 1. The van der Waals surface area contributed by atoms with Crippen molar-refractivity contribution in [2.75, 3.05) is 20.3 Å². The van der Waals surface area contributed by atoms with E-state index in [0.717, 1.165) is 11.3 Å². The molecule has 0 aliphatic heterocycles. The Bertz CT molecular complexity index is 525. The molecule has 5 nitrogen and oxygen atoms in total. The van der Waals surface area contributed by atoms with Crippen LogP contribution in [0.25, 0.3) is 0 Å². The highest BCUT2D eigenvalue weighted by atomic mass is 16.5. The Morgan fingerprint density at radius 2 is 2.11 bits per heavy atom. The lowest BCUT2D eigenvalue weighted by Crippen LogP contribution is -2.10. The molecule has 102 valence electrons. The van der Waals surface area contributed by atoms with Crippen molar-refractivity contribution in [2.24, 2.45) is 7.05 Å². The van der Waals surface area contributed by atoms with E-state index in [1.807, 2.05) is 31.3 Å². The number of imidazole rings is 1. The zero-order valence-electron chi connectivity index (χ0n) is 11.1. The van der Waals surface area contributed by atoms with Gasteiger partial charge in [0.25, 0.3) is 0 Å². The third kappa shape index (κ3) is 3.13. The van der Waals surface area contributed by atoms with E-state index < -0.39 is 6.10 Å². The molecule has 0 aliphatic carbocycles. The minimum atomic E-state index is -0.758. The summed E-state index contributed by atoms with van der Waals surface area (Å²) in [4.78, 5) is 4.02. The summed E-state index contributed by atoms with van der Waals surface area (Å²) >= 11 is 0. The Labute approximate surface area is 112 Å². The van der Waals surface area contributed by atoms with Crippen molar-refractivity contribution in [1.82, 2.24) is 9.55 Å². The molecule has 0 saturated carbocycles. The van der Waals surface area contributed by atoms with Gasteiger partial charge in [-0.25, -0.2) is 4.98 Å². The lowest BCUT2D eigenvalue weighted by Gasteiger charge is -2.16. The van der Waals surface area contributed by atoms with Gasteiger partial charge in [-0.15, -0.1) is 0 Å². The molecule has 1 aromatic carbocycles. The van der Waals surface area contributed by atoms with Crippen LogP contribution < -0.4 is 4.74 Å². The number of aromatic nitrogens is 2. The number of aryl methyl sites for hydroxylation is 1. The summed E-state index contributed by atoms with van der Waals surface area (Å²) in [6.45, 7) is 0.960. The Balaban J connectivity index is 2.21. The molecule has 1 aromatic heterocycles. The Morgan fingerprint density at radius 3 is 2.79 bits per heavy atom. The minimum absolute atomic E-state index is 0.450. The first-order chi connectivity index (χ1) is 9.24. The molecule has 0 spiro atoms. The molecule has 0 saturated heterocycles. The van der Waals surface area contributed by atoms with Crippen molar-refractivity contribution in [3.63, 3.8) is 0 Å². The second-order valence-electron chi connectivity index (χ2n) is 4.21. The Morgan fingerprint density at radius 1 is 1.32 bits per heavy atom. The molecule has 2 rings (SSSR count). The van der Waals surface area contributed by atoms with Crippen LogP contribution in [0.5, 0.6) is 5.75 Å². The monoisotopic (exact) mass is 262 g/mol. The van der Waals surface area contributed by atoms with Crippen molar-refractivity contribution < 1.29 is 14.6 Å². The third-order valence-corrected chi connectivity index (χ3v) is 2.89. The zero-order chi connectivity index (χ0) is 13.7. The minimum Gasteiger partial charge on any atom is -0.491 e. The second kappa shape index (κ2) is 6.36. The van der Waals surface area contributed by atoms with Gasteiger partial charge in [-0.1, -0.05) is 18.2 Å². The van der Waals surface area contributed by atoms with E-state index in [1.165, 1.54) is 0 Å². The predicted octanol–water partition coefficient (Wildman–Crippen LogP) is 1.53. The van der Waals surface area contributed by atoms with Gasteiger partial charge in [-0.3, -0.25) is 0 Å². The summed E-state index contributed by atoms with van der Waals surface area (Å²) in [5, 5.41) is 10.4. The van der Waals surface area contributed by atoms with Gasteiger partial charge in [0.15, 0.2) is 0 Å². The average molecular weight is 262 g/mol. The molecule has 0 aliphatic rings. The number of ether oxygens (including phenoxy) is 2. The van der Waals surface area contributed by atoms with E-state index in [1.54, 1.807) is 24.2 Å². The molecule has 0 amide bonds. The smallest absolute Gasteiger partial charge is 0.125 e. The summed E-state index contributed by atoms with van der Waals surface area (Å²) in [6.07, 6.45) is 2.55. The molecule has 1 unspecified atom stereocenters. The van der Waals surface area contributed by atoms with Crippen LogP contribution >= 0.6 is 0 Å². The highest BCUT2D eigenvalue weighted by molar-refractivity contribution is 5.38. The largest absolute Gasteiger partial charge is 0.491 e. The van der Waals surface area contributed by atoms with Crippen LogP contribution in [-0.4, -0.2) is 35.0 Å². The number of aliphatic hydroxyl groups excluding tert-OH is 1. The van der Waals surface area contributed by atoms with E-state index in [2.05, 4.69) is 4.98 Å². The molecule has 1 atom stereocenters. The van der Waals surface area contributed by atoms with E-state index in [-0.39, 0.29) is 0 Å². The topological polar surface area (TPSA) is 56.5 Å².